The third-order valence-electron chi connectivity index (χ3n) is 3.00. The molecule has 0 bridgehead atoms. The van der Waals surface area contributed by atoms with Crippen LogP contribution in [0.3, 0.4) is 0 Å². The number of likely N-dealkylation sites (tertiary alicyclic amines) is 1. The molecular weight excluding hydrogens is 190 g/mol. The van der Waals surface area contributed by atoms with E-state index in [4.69, 9.17) is 4.74 Å². The van der Waals surface area contributed by atoms with Crippen LogP contribution in [-0.4, -0.2) is 30.7 Å². The van der Waals surface area contributed by atoms with Crippen LogP contribution in [0.15, 0.2) is 0 Å². The second kappa shape index (κ2) is 6.70. The number of piperidine rings is 1. The lowest BCUT2D eigenvalue weighted by Gasteiger charge is -2.30. The van der Waals surface area contributed by atoms with Crippen molar-refractivity contribution in [3.8, 4) is 0 Å². The van der Waals surface area contributed by atoms with Gasteiger partial charge in [0.05, 0.1) is 6.61 Å². The first-order valence-electron chi connectivity index (χ1n) is 5.98. The lowest BCUT2D eigenvalue weighted by atomic mass is 9.95. The molecule has 0 aliphatic carbocycles. The SMILES string of the molecule is [CH2]CC1CCN(C(=O)OCCCC)CC1. The molecule has 1 aliphatic heterocycles. The summed E-state index contributed by atoms with van der Waals surface area (Å²) in [7, 11) is 0. The Balaban J connectivity index is 2.18. The predicted octanol–water partition coefficient (Wildman–Crippen LogP) is 2.86. The molecule has 0 N–H and O–H groups in total. The molecular formula is C12H22NO2. The van der Waals surface area contributed by atoms with Crippen molar-refractivity contribution < 1.29 is 9.53 Å². The van der Waals surface area contributed by atoms with Gasteiger partial charge in [-0.3, -0.25) is 0 Å². The molecule has 1 rings (SSSR count). The van der Waals surface area contributed by atoms with Crippen LogP contribution in [0.4, 0.5) is 4.79 Å². The Labute approximate surface area is 92.8 Å². The molecule has 0 aromatic heterocycles. The number of rotatable bonds is 4. The number of unbranched alkanes of at least 4 members (excludes halogenated alkanes) is 1. The summed E-state index contributed by atoms with van der Waals surface area (Å²) >= 11 is 0. The third kappa shape index (κ3) is 4.10. The van der Waals surface area contributed by atoms with Crippen molar-refractivity contribution in [3.63, 3.8) is 0 Å². The fourth-order valence-corrected chi connectivity index (χ4v) is 1.80. The zero-order chi connectivity index (χ0) is 11.1. The Hall–Kier alpha value is -0.730. The van der Waals surface area contributed by atoms with Crippen molar-refractivity contribution in [2.45, 2.75) is 39.0 Å². The number of carbonyl (C=O) groups is 1. The highest BCUT2D eigenvalue weighted by molar-refractivity contribution is 5.67. The average molecular weight is 212 g/mol. The topological polar surface area (TPSA) is 29.5 Å². The van der Waals surface area contributed by atoms with Gasteiger partial charge >= 0.3 is 6.09 Å². The highest BCUT2D eigenvalue weighted by Gasteiger charge is 2.22. The van der Waals surface area contributed by atoms with Gasteiger partial charge in [0.15, 0.2) is 0 Å². The molecule has 3 nitrogen and oxygen atoms in total. The highest BCUT2D eigenvalue weighted by Crippen LogP contribution is 2.20. The fourth-order valence-electron chi connectivity index (χ4n) is 1.80. The maximum absolute atomic E-state index is 11.6. The lowest BCUT2D eigenvalue weighted by Crippen LogP contribution is -2.38. The van der Waals surface area contributed by atoms with Gasteiger partial charge in [-0.15, -0.1) is 0 Å². The first-order valence-corrected chi connectivity index (χ1v) is 5.98. The van der Waals surface area contributed by atoms with E-state index in [9.17, 15) is 4.79 Å². The molecule has 1 saturated heterocycles. The number of carbonyl (C=O) groups excluding carboxylic acids is 1. The Morgan fingerprint density at radius 2 is 2.13 bits per heavy atom. The molecule has 1 aliphatic rings. The number of hydrogen-bond acceptors (Lipinski definition) is 2. The van der Waals surface area contributed by atoms with Crippen molar-refractivity contribution >= 4 is 6.09 Å². The molecule has 87 valence electrons. The van der Waals surface area contributed by atoms with Gasteiger partial charge in [-0.05, 0) is 25.2 Å². The van der Waals surface area contributed by atoms with E-state index < -0.39 is 0 Å². The van der Waals surface area contributed by atoms with Gasteiger partial charge in [0.2, 0.25) is 0 Å². The van der Waals surface area contributed by atoms with Crippen LogP contribution in [0.25, 0.3) is 0 Å². The zero-order valence-electron chi connectivity index (χ0n) is 9.71. The van der Waals surface area contributed by atoms with E-state index in [2.05, 4.69) is 13.8 Å². The fraction of sp³-hybridized carbons (Fsp3) is 0.833. The summed E-state index contributed by atoms with van der Waals surface area (Å²) in [5, 5.41) is 0. The summed E-state index contributed by atoms with van der Waals surface area (Å²) in [4.78, 5) is 13.4. The molecule has 3 heteroatoms. The summed E-state index contributed by atoms with van der Waals surface area (Å²) in [6, 6.07) is 0. The van der Waals surface area contributed by atoms with E-state index in [1.807, 2.05) is 4.90 Å². The second-order valence-electron chi connectivity index (χ2n) is 4.19. The second-order valence-corrected chi connectivity index (χ2v) is 4.19. The van der Waals surface area contributed by atoms with Crippen LogP contribution < -0.4 is 0 Å². The lowest BCUT2D eigenvalue weighted by molar-refractivity contribution is 0.0868. The molecule has 0 atom stereocenters. The molecule has 15 heavy (non-hydrogen) atoms. The van der Waals surface area contributed by atoms with Gasteiger partial charge in [-0.25, -0.2) is 4.79 Å². The van der Waals surface area contributed by atoms with Crippen LogP contribution in [0.2, 0.25) is 0 Å². The van der Waals surface area contributed by atoms with Gasteiger partial charge in [0.25, 0.3) is 0 Å². The van der Waals surface area contributed by atoms with Crippen molar-refractivity contribution in [2.24, 2.45) is 5.92 Å². The number of amides is 1. The average Bonchev–Trinajstić information content (AvgIpc) is 2.29. The van der Waals surface area contributed by atoms with Crippen molar-refractivity contribution in [1.29, 1.82) is 0 Å². The monoisotopic (exact) mass is 212 g/mol. The highest BCUT2D eigenvalue weighted by atomic mass is 16.6. The summed E-state index contributed by atoms with van der Waals surface area (Å²) in [5.41, 5.74) is 0. The van der Waals surface area contributed by atoms with Crippen LogP contribution in [-0.2, 0) is 4.74 Å². The summed E-state index contributed by atoms with van der Waals surface area (Å²) in [6.07, 6.45) is 5.03. The Bertz CT molecular complexity index is 186. The summed E-state index contributed by atoms with van der Waals surface area (Å²) < 4.78 is 5.16. The Morgan fingerprint density at radius 3 is 2.67 bits per heavy atom. The number of hydrogen-bond donors (Lipinski definition) is 0. The van der Waals surface area contributed by atoms with Gasteiger partial charge in [0.1, 0.15) is 0 Å². The molecule has 1 fully saturated rings. The molecule has 1 heterocycles. The minimum Gasteiger partial charge on any atom is -0.449 e. The molecule has 0 unspecified atom stereocenters. The molecule has 0 spiro atoms. The largest absolute Gasteiger partial charge is 0.449 e. The van der Waals surface area contributed by atoms with E-state index in [0.29, 0.717) is 12.5 Å². The van der Waals surface area contributed by atoms with Crippen LogP contribution in [0, 0.1) is 12.8 Å². The van der Waals surface area contributed by atoms with Crippen LogP contribution >= 0.6 is 0 Å². The molecule has 1 amide bonds. The van der Waals surface area contributed by atoms with Crippen molar-refractivity contribution in [1.82, 2.24) is 4.90 Å². The van der Waals surface area contributed by atoms with E-state index in [1.165, 1.54) is 0 Å². The minimum absolute atomic E-state index is 0.133. The summed E-state index contributed by atoms with van der Waals surface area (Å²) in [5.74, 6) is 0.699. The minimum atomic E-state index is -0.133. The smallest absolute Gasteiger partial charge is 0.409 e. The number of ether oxygens (including phenoxy) is 1. The van der Waals surface area contributed by atoms with E-state index in [-0.39, 0.29) is 6.09 Å². The normalized spacial score (nSPS) is 17.9. The quantitative estimate of drug-likeness (QED) is 0.671. The van der Waals surface area contributed by atoms with E-state index in [1.54, 1.807) is 0 Å². The molecule has 1 radical (unpaired) electrons. The van der Waals surface area contributed by atoms with Crippen molar-refractivity contribution in [2.75, 3.05) is 19.7 Å². The first-order chi connectivity index (χ1) is 7.27. The zero-order valence-corrected chi connectivity index (χ0v) is 9.71. The van der Waals surface area contributed by atoms with Gasteiger partial charge < -0.3 is 9.64 Å². The van der Waals surface area contributed by atoms with Crippen LogP contribution in [0.1, 0.15) is 39.0 Å². The van der Waals surface area contributed by atoms with Crippen LogP contribution in [0.5, 0.6) is 0 Å². The van der Waals surface area contributed by atoms with Gasteiger partial charge in [-0.2, -0.15) is 0 Å². The third-order valence-corrected chi connectivity index (χ3v) is 3.00. The predicted molar refractivity (Wildman–Crippen MR) is 60.5 cm³/mol. The summed E-state index contributed by atoms with van der Waals surface area (Å²) in [6.45, 7) is 8.23. The standard InChI is InChI=1S/C12H22NO2/c1-3-5-10-15-12(14)13-8-6-11(4-2)7-9-13/h11H,2-10H2,1H3. The van der Waals surface area contributed by atoms with E-state index >= 15 is 0 Å². The number of nitrogens with zero attached hydrogens (tertiary/aromatic N) is 1. The van der Waals surface area contributed by atoms with Gasteiger partial charge in [-0.1, -0.05) is 26.7 Å². The van der Waals surface area contributed by atoms with Gasteiger partial charge in [0, 0.05) is 13.1 Å². The van der Waals surface area contributed by atoms with Crippen molar-refractivity contribution in [3.05, 3.63) is 6.92 Å². The Kier molecular flexibility index (Phi) is 5.51. The maximum Gasteiger partial charge on any atom is 0.409 e. The molecule has 0 aromatic carbocycles. The molecule has 0 saturated carbocycles. The maximum atomic E-state index is 11.6. The first kappa shape index (κ1) is 12.3. The Morgan fingerprint density at radius 1 is 1.47 bits per heavy atom. The van der Waals surface area contributed by atoms with E-state index in [0.717, 1.165) is 45.2 Å². The molecule has 0 aromatic rings.